The van der Waals surface area contributed by atoms with Crippen molar-refractivity contribution in [2.24, 2.45) is 0 Å². The monoisotopic (exact) mass is 320 g/mol. The Morgan fingerprint density at radius 1 is 1.00 bits per heavy atom. The number of anilines is 3. The van der Waals surface area contributed by atoms with Gasteiger partial charge in [0.15, 0.2) is 0 Å². The van der Waals surface area contributed by atoms with E-state index < -0.39 is 0 Å². The third-order valence-corrected chi connectivity index (χ3v) is 3.30. The van der Waals surface area contributed by atoms with Crippen LogP contribution in [-0.4, -0.2) is 23.0 Å². The number of amides is 1. The standard InChI is InChI=1S/C18H16N4O2/c1-24-16-10-6-5-9-14(16)22-17-11-15(19-12-20-17)18(23)21-13-7-3-2-4-8-13/h2-12H,1H3,(H,21,23)(H,19,20,22). The van der Waals surface area contributed by atoms with E-state index in [4.69, 9.17) is 4.74 Å². The maximum Gasteiger partial charge on any atom is 0.274 e. The molecule has 0 aliphatic rings. The summed E-state index contributed by atoms with van der Waals surface area (Å²) in [6.07, 6.45) is 1.34. The van der Waals surface area contributed by atoms with Crippen molar-refractivity contribution in [1.29, 1.82) is 0 Å². The van der Waals surface area contributed by atoms with E-state index in [0.29, 0.717) is 17.3 Å². The van der Waals surface area contributed by atoms with E-state index in [2.05, 4.69) is 20.6 Å². The molecule has 1 aromatic heterocycles. The van der Waals surface area contributed by atoms with E-state index >= 15 is 0 Å². The summed E-state index contributed by atoms with van der Waals surface area (Å²) in [7, 11) is 1.60. The Bertz CT molecular complexity index is 837. The lowest BCUT2D eigenvalue weighted by molar-refractivity contribution is 0.102. The Labute approximate surface area is 139 Å². The predicted molar refractivity (Wildman–Crippen MR) is 92.7 cm³/mol. The van der Waals surface area contributed by atoms with Gasteiger partial charge in [-0.25, -0.2) is 9.97 Å². The summed E-state index contributed by atoms with van der Waals surface area (Å²) in [6.45, 7) is 0. The molecule has 0 atom stereocenters. The van der Waals surface area contributed by atoms with Crippen molar-refractivity contribution in [2.75, 3.05) is 17.7 Å². The lowest BCUT2D eigenvalue weighted by Gasteiger charge is -2.10. The quantitative estimate of drug-likeness (QED) is 0.752. The van der Waals surface area contributed by atoms with Crippen LogP contribution in [0.5, 0.6) is 5.75 Å². The zero-order valence-corrected chi connectivity index (χ0v) is 13.1. The average molecular weight is 320 g/mol. The Morgan fingerprint density at radius 3 is 2.54 bits per heavy atom. The van der Waals surface area contributed by atoms with Crippen LogP contribution in [0.3, 0.4) is 0 Å². The van der Waals surface area contributed by atoms with Gasteiger partial charge in [-0.15, -0.1) is 0 Å². The number of methoxy groups -OCH3 is 1. The Balaban J connectivity index is 1.78. The summed E-state index contributed by atoms with van der Waals surface area (Å²) in [6, 6.07) is 18.3. The maximum absolute atomic E-state index is 12.3. The normalized spacial score (nSPS) is 10.0. The number of ether oxygens (including phenoxy) is 1. The second kappa shape index (κ2) is 7.23. The van der Waals surface area contributed by atoms with Crippen LogP contribution in [0.1, 0.15) is 10.5 Å². The first-order valence-corrected chi connectivity index (χ1v) is 7.35. The highest BCUT2D eigenvalue weighted by Gasteiger charge is 2.10. The maximum atomic E-state index is 12.3. The zero-order valence-electron chi connectivity index (χ0n) is 13.1. The number of aromatic nitrogens is 2. The van der Waals surface area contributed by atoms with Gasteiger partial charge in [0.25, 0.3) is 5.91 Å². The number of hydrogen-bond donors (Lipinski definition) is 2. The molecule has 0 saturated carbocycles. The number of nitrogens with one attached hydrogen (secondary N) is 2. The number of para-hydroxylation sites is 3. The van der Waals surface area contributed by atoms with Gasteiger partial charge in [0, 0.05) is 11.8 Å². The third-order valence-electron chi connectivity index (χ3n) is 3.30. The Hall–Kier alpha value is -3.41. The number of benzene rings is 2. The van der Waals surface area contributed by atoms with Gasteiger partial charge in [-0.2, -0.15) is 0 Å². The molecular weight excluding hydrogens is 304 g/mol. The Morgan fingerprint density at radius 2 is 1.75 bits per heavy atom. The fraction of sp³-hybridized carbons (Fsp3) is 0.0556. The number of hydrogen-bond acceptors (Lipinski definition) is 5. The average Bonchev–Trinajstić information content (AvgIpc) is 2.63. The first-order valence-electron chi connectivity index (χ1n) is 7.35. The fourth-order valence-electron chi connectivity index (χ4n) is 2.15. The first-order chi connectivity index (χ1) is 11.8. The summed E-state index contributed by atoms with van der Waals surface area (Å²) < 4.78 is 5.29. The second-order valence-electron chi connectivity index (χ2n) is 4.93. The molecular formula is C18H16N4O2. The molecule has 6 heteroatoms. The van der Waals surface area contributed by atoms with E-state index in [1.54, 1.807) is 13.2 Å². The molecule has 0 spiro atoms. The lowest BCUT2D eigenvalue weighted by Crippen LogP contribution is -2.14. The van der Waals surface area contributed by atoms with E-state index in [1.165, 1.54) is 6.33 Å². The zero-order chi connectivity index (χ0) is 16.8. The Kier molecular flexibility index (Phi) is 4.67. The van der Waals surface area contributed by atoms with Crippen LogP contribution in [0, 0.1) is 0 Å². The lowest BCUT2D eigenvalue weighted by atomic mass is 10.2. The van der Waals surface area contributed by atoms with Crippen LogP contribution in [0.4, 0.5) is 17.2 Å². The molecule has 24 heavy (non-hydrogen) atoms. The molecule has 0 saturated heterocycles. The minimum absolute atomic E-state index is 0.270. The van der Waals surface area contributed by atoms with Crippen molar-refractivity contribution in [3.8, 4) is 5.75 Å². The summed E-state index contributed by atoms with van der Waals surface area (Å²) >= 11 is 0. The van der Waals surface area contributed by atoms with E-state index in [0.717, 1.165) is 5.69 Å². The first kappa shape index (κ1) is 15.5. The van der Waals surface area contributed by atoms with Crippen molar-refractivity contribution < 1.29 is 9.53 Å². The summed E-state index contributed by atoms with van der Waals surface area (Å²) in [5.74, 6) is 0.894. The molecule has 0 aliphatic heterocycles. The highest BCUT2D eigenvalue weighted by atomic mass is 16.5. The topological polar surface area (TPSA) is 76.1 Å². The number of carbonyl (C=O) groups excluding carboxylic acids is 1. The number of carbonyl (C=O) groups is 1. The molecule has 0 unspecified atom stereocenters. The molecule has 2 N–H and O–H groups in total. The van der Waals surface area contributed by atoms with E-state index in [9.17, 15) is 4.79 Å². The fourth-order valence-corrected chi connectivity index (χ4v) is 2.15. The van der Waals surface area contributed by atoms with Gasteiger partial charge in [0.05, 0.1) is 12.8 Å². The number of rotatable bonds is 5. The largest absolute Gasteiger partial charge is 0.495 e. The van der Waals surface area contributed by atoms with Gasteiger partial charge < -0.3 is 15.4 Å². The summed E-state index contributed by atoms with van der Waals surface area (Å²) in [5.41, 5.74) is 1.74. The van der Waals surface area contributed by atoms with Crippen LogP contribution in [-0.2, 0) is 0 Å². The van der Waals surface area contributed by atoms with Crippen LogP contribution in [0.2, 0.25) is 0 Å². The smallest absolute Gasteiger partial charge is 0.274 e. The van der Waals surface area contributed by atoms with Crippen LogP contribution in [0.25, 0.3) is 0 Å². The molecule has 1 heterocycles. The molecule has 3 aromatic rings. The van der Waals surface area contributed by atoms with Gasteiger partial charge in [-0.05, 0) is 24.3 Å². The molecule has 0 radical (unpaired) electrons. The van der Waals surface area contributed by atoms with Crippen molar-refractivity contribution in [3.63, 3.8) is 0 Å². The molecule has 0 bridgehead atoms. The van der Waals surface area contributed by atoms with Crippen molar-refractivity contribution >= 4 is 23.1 Å². The molecule has 1 amide bonds. The number of nitrogens with zero attached hydrogens (tertiary/aromatic N) is 2. The van der Waals surface area contributed by atoms with Gasteiger partial charge in [-0.3, -0.25) is 4.79 Å². The molecule has 2 aromatic carbocycles. The van der Waals surface area contributed by atoms with Crippen LogP contribution < -0.4 is 15.4 Å². The molecule has 6 nitrogen and oxygen atoms in total. The third kappa shape index (κ3) is 3.67. The minimum atomic E-state index is -0.299. The summed E-state index contributed by atoms with van der Waals surface area (Å²) in [4.78, 5) is 20.5. The highest BCUT2D eigenvalue weighted by molar-refractivity contribution is 6.03. The van der Waals surface area contributed by atoms with Crippen molar-refractivity contribution in [2.45, 2.75) is 0 Å². The van der Waals surface area contributed by atoms with Gasteiger partial charge in [-0.1, -0.05) is 30.3 Å². The second-order valence-corrected chi connectivity index (χ2v) is 4.93. The predicted octanol–water partition coefficient (Wildman–Crippen LogP) is 3.48. The molecule has 120 valence electrons. The molecule has 0 aliphatic carbocycles. The van der Waals surface area contributed by atoms with Crippen LogP contribution in [0.15, 0.2) is 67.0 Å². The van der Waals surface area contributed by atoms with E-state index in [-0.39, 0.29) is 11.6 Å². The van der Waals surface area contributed by atoms with Gasteiger partial charge in [0.1, 0.15) is 23.6 Å². The van der Waals surface area contributed by atoms with Gasteiger partial charge >= 0.3 is 0 Å². The summed E-state index contributed by atoms with van der Waals surface area (Å²) in [5, 5.41) is 5.92. The van der Waals surface area contributed by atoms with Crippen molar-refractivity contribution in [3.05, 3.63) is 72.7 Å². The highest BCUT2D eigenvalue weighted by Crippen LogP contribution is 2.26. The van der Waals surface area contributed by atoms with Gasteiger partial charge in [0.2, 0.25) is 0 Å². The minimum Gasteiger partial charge on any atom is -0.495 e. The van der Waals surface area contributed by atoms with E-state index in [1.807, 2.05) is 54.6 Å². The van der Waals surface area contributed by atoms with Crippen molar-refractivity contribution in [1.82, 2.24) is 9.97 Å². The van der Waals surface area contributed by atoms with Crippen LogP contribution >= 0.6 is 0 Å². The SMILES string of the molecule is COc1ccccc1Nc1cc(C(=O)Nc2ccccc2)ncn1. The molecule has 0 fully saturated rings. The molecule has 3 rings (SSSR count).